The van der Waals surface area contributed by atoms with Crippen LogP contribution in [0.15, 0.2) is 48.2 Å². The number of ether oxygens (including phenoxy) is 3. The molecule has 4 rings (SSSR count). The van der Waals surface area contributed by atoms with Crippen LogP contribution in [0.3, 0.4) is 0 Å². The Bertz CT molecular complexity index is 1010. The molecule has 2 aliphatic heterocycles. The third kappa shape index (κ3) is 5.11. The second-order valence-corrected chi connectivity index (χ2v) is 8.28. The van der Waals surface area contributed by atoms with Gasteiger partial charge in [-0.25, -0.2) is 0 Å². The number of hydrogen-bond acceptors (Lipinski definition) is 5. The molecule has 0 aliphatic carbocycles. The number of carbonyl (C=O) groups excluding carboxylic acids is 1. The third-order valence-electron chi connectivity index (χ3n) is 5.71. The van der Waals surface area contributed by atoms with Crippen LogP contribution in [-0.4, -0.2) is 42.3 Å². The van der Waals surface area contributed by atoms with Crippen LogP contribution in [0, 0.1) is 0 Å². The molecule has 7 heteroatoms. The summed E-state index contributed by atoms with van der Waals surface area (Å²) in [5.41, 5.74) is 3.48. The van der Waals surface area contributed by atoms with Crippen LogP contribution in [0.5, 0.6) is 11.5 Å². The molecular formula is C25H28N2O4S. The summed E-state index contributed by atoms with van der Waals surface area (Å²) in [5.74, 6) is 1.41. The number of nitrogens with one attached hydrogen (secondary N) is 1. The van der Waals surface area contributed by atoms with E-state index in [0.29, 0.717) is 24.0 Å². The van der Waals surface area contributed by atoms with Crippen molar-refractivity contribution in [2.45, 2.75) is 38.9 Å². The molecule has 1 atom stereocenters. The van der Waals surface area contributed by atoms with E-state index < -0.39 is 0 Å². The molecule has 2 saturated heterocycles. The minimum absolute atomic E-state index is 0.0502. The summed E-state index contributed by atoms with van der Waals surface area (Å²) in [5, 5.41) is 3.46. The number of benzene rings is 2. The number of thiocarbonyl (C=S) groups is 1. The molecule has 1 amide bonds. The SMILES string of the molecule is CCc1ccc(OCc2cc(/C=C3/NC(=S)N(CC4CCCO4)C3=O)ccc2OC)cc1. The minimum atomic E-state index is -0.130. The van der Waals surface area contributed by atoms with Crippen molar-refractivity contribution >= 4 is 29.3 Å². The Morgan fingerprint density at radius 1 is 1.25 bits per heavy atom. The van der Waals surface area contributed by atoms with Gasteiger partial charge in [-0.15, -0.1) is 0 Å². The Kier molecular flexibility index (Phi) is 7.07. The lowest BCUT2D eigenvalue weighted by Crippen LogP contribution is -2.37. The molecule has 0 spiro atoms. The number of rotatable bonds is 8. The van der Waals surface area contributed by atoms with Crippen molar-refractivity contribution in [1.29, 1.82) is 0 Å². The summed E-state index contributed by atoms with van der Waals surface area (Å²) < 4.78 is 17.1. The Morgan fingerprint density at radius 3 is 2.75 bits per heavy atom. The number of nitrogens with zero attached hydrogens (tertiary/aromatic N) is 1. The van der Waals surface area contributed by atoms with Crippen LogP contribution < -0.4 is 14.8 Å². The predicted molar refractivity (Wildman–Crippen MR) is 128 cm³/mol. The van der Waals surface area contributed by atoms with E-state index in [9.17, 15) is 4.79 Å². The zero-order chi connectivity index (χ0) is 22.5. The van der Waals surface area contributed by atoms with Crippen molar-refractivity contribution in [3.05, 3.63) is 64.9 Å². The van der Waals surface area contributed by atoms with Crippen LogP contribution in [0.25, 0.3) is 6.08 Å². The maximum atomic E-state index is 12.9. The summed E-state index contributed by atoms with van der Waals surface area (Å²) >= 11 is 5.38. The van der Waals surface area contributed by atoms with Crippen LogP contribution in [0.2, 0.25) is 0 Å². The fourth-order valence-corrected chi connectivity index (χ4v) is 4.15. The number of amides is 1. The van der Waals surface area contributed by atoms with Crippen molar-refractivity contribution in [3.63, 3.8) is 0 Å². The van der Waals surface area contributed by atoms with E-state index in [-0.39, 0.29) is 12.0 Å². The Morgan fingerprint density at radius 2 is 2.06 bits per heavy atom. The standard InChI is InChI=1S/C25H28N2O4S/c1-3-17-6-9-20(10-7-17)31-16-19-13-18(8-11-23(19)29-2)14-22-24(28)27(25(32)26-22)15-21-5-4-12-30-21/h6-11,13-14,21H,3-5,12,15-16H2,1-2H3,(H,26,32)/b22-14+. The molecular weight excluding hydrogens is 424 g/mol. The van der Waals surface area contributed by atoms with Crippen LogP contribution in [-0.2, 0) is 22.6 Å². The molecule has 2 aliphatic rings. The average Bonchev–Trinajstić information content (AvgIpc) is 3.42. The topological polar surface area (TPSA) is 60.0 Å². The van der Waals surface area contributed by atoms with Gasteiger partial charge in [0.1, 0.15) is 23.8 Å². The summed E-state index contributed by atoms with van der Waals surface area (Å²) in [6, 6.07) is 13.8. The van der Waals surface area contributed by atoms with Crippen molar-refractivity contribution in [2.75, 3.05) is 20.3 Å². The van der Waals surface area contributed by atoms with Crippen molar-refractivity contribution < 1.29 is 19.0 Å². The van der Waals surface area contributed by atoms with E-state index in [0.717, 1.165) is 48.5 Å². The van der Waals surface area contributed by atoms with Gasteiger partial charge in [0.15, 0.2) is 5.11 Å². The lowest BCUT2D eigenvalue weighted by molar-refractivity contribution is -0.123. The van der Waals surface area contributed by atoms with Gasteiger partial charge < -0.3 is 19.5 Å². The highest BCUT2D eigenvalue weighted by atomic mass is 32.1. The van der Waals surface area contributed by atoms with E-state index >= 15 is 0 Å². The zero-order valence-corrected chi connectivity index (χ0v) is 19.2. The summed E-state index contributed by atoms with van der Waals surface area (Å²) in [4.78, 5) is 14.5. The van der Waals surface area contributed by atoms with E-state index in [4.69, 9.17) is 26.4 Å². The normalized spacial score (nSPS) is 19.5. The molecule has 168 valence electrons. The first-order chi connectivity index (χ1) is 15.6. The van der Waals surface area contributed by atoms with Crippen LogP contribution >= 0.6 is 12.2 Å². The molecule has 1 unspecified atom stereocenters. The Hall–Kier alpha value is -2.90. The van der Waals surface area contributed by atoms with Gasteiger partial charge in [-0.05, 0) is 72.9 Å². The highest BCUT2D eigenvalue weighted by Gasteiger charge is 2.33. The van der Waals surface area contributed by atoms with Gasteiger partial charge in [0.2, 0.25) is 0 Å². The molecule has 0 saturated carbocycles. The lowest BCUT2D eigenvalue weighted by atomic mass is 10.1. The van der Waals surface area contributed by atoms with Gasteiger partial charge in [0.05, 0.1) is 19.8 Å². The molecule has 2 heterocycles. The number of carbonyl (C=O) groups is 1. The zero-order valence-electron chi connectivity index (χ0n) is 18.4. The molecule has 32 heavy (non-hydrogen) atoms. The van der Waals surface area contributed by atoms with E-state index in [1.165, 1.54) is 5.56 Å². The highest BCUT2D eigenvalue weighted by Crippen LogP contribution is 2.25. The largest absolute Gasteiger partial charge is 0.496 e. The fourth-order valence-electron chi connectivity index (χ4n) is 3.88. The molecule has 0 bridgehead atoms. The first-order valence-corrected chi connectivity index (χ1v) is 11.3. The molecule has 0 aromatic heterocycles. The third-order valence-corrected chi connectivity index (χ3v) is 6.04. The smallest absolute Gasteiger partial charge is 0.276 e. The number of aryl methyl sites for hydroxylation is 1. The van der Waals surface area contributed by atoms with Gasteiger partial charge in [-0.2, -0.15) is 0 Å². The first kappa shape index (κ1) is 22.3. The minimum Gasteiger partial charge on any atom is -0.496 e. The van der Waals surface area contributed by atoms with E-state index in [2.05, 4.69) is 24.4 Å². The van der Waals surface area contributed by atoms with Gasteiger partial charge in [-0.3, -0.25) is 9.69 Å². The maximum absolute atomic E-state index is 12.9. The van der Waals surface area contributed by atoms with E-state index in [1.807, 2.05) is 36.4 Å². The molecule has 2 fully saturated rings. The quantitative estimate of drug-likeness (QED) is 0.481. The van der Waals surface area contributed by atoms with E-state index in [1.54, 1.807) is 12.0 Å². The van der Waals surface area contributed by atoms with Crippen molar-refractivity contribution in [1.82, 2.24) is 10.2 Å². The molecule has 1 N–H and O–H groups in total. The maximum Gasteiger partial charge on any atom is 0.276 e. The number of hydrogen-bond donors (Lipinski definition) is 1. The Balaban J connectivity index is 1.47. The monoisotopic (exact) mass is 452 g/mol. The second kappa shape index (κ2) is 10.1. The number of methoxy groups -OCH3 is 1. The van der Waals surface area contributed by atoms with Crippen molar-refractivity contribution in [3.8, 4) is 11.5 Å². The van der Waals surface area contributed by atoms with Gasteiger partial charge in [0.25, 0.3) is 5.91 Å². The van der Waals surface area contributed by atoms with Gasteiger partial charge in [-0.1, -0.05) is 25.1 Å². The summed E-state index contributed by atoms with van der Waals surface area (Å²) in [6.07, 6.45) is 4.83. The fraction of sp³-hybridized carbons (Fsp3) is 0.360. The van der Waals surface area contributed by atoms with Crippen molar-refractivity contribution in [2.24, 2.45) is 0 Å². The summed E-state index contributed by atoms with van der Waals surface area (Å²) in [6.45, 7) is 3.71. The lowest BCUT2D eigenvalue weighted by Gasteiger charge is -2.18. The predicted octanol–water partition coefficient (Wildman–Crippen LogP) is 4.07. The Labute approximate surface area is 194 Å². The molecule has 2 aromatic rings. The molecule has 0 radical (unpaired) electrons. The van der Waals surface area contributed by atoms with Gasteiger partial charge in [0, 0.05) is 12.2 Å². The highest BCUT2D eigenvalue weighted by molar-refractivity contribution is 7.80. The molecule has 2 aromatic carbocycles. The summed E-state index contributed by atoms with van der Waals surface area (Å²) in [7, 11) is 1.64. The average molecular weight is 453 g/mol. The van der Waals surface area contributed by atoms with Gasteiger partial charge >= 0.3 is 0 Å². The first-order valence-electron chi connectivity index (χ1n) is 10.9. The molecule has 6 nitrogen and oxygen atoms in total. The second-order valence-electron chi connectivity index (χ2n) is 7.90. The van der Waals surface area contributed by atoms with Crippen LogP contribution in [0.1, 0.15) is 36.5 Å². The van der Waals surface area contributed by atoms with Crippen LogP contribution in [0.4, 0.5) is 0 Å².